The number of nitrogens with zero attached hydrogens (tertiary/aromatic N) is 1. The van der Waals surface area contributed by atoms with Crippen molar-refractivity contribution >= 4 is 11.3 Å². The van der Waals surface area contributed by atoms with Gasteiger partial charge in [-0.15, -0.1) is 11.3 Å². The smallest absolute Gasteiger partial charge is 0.161 e. The van der Waals surface area contributed by atoms with Gasteiger partial charge in [-0.3, -0.25) is 0 Å². The number of hydrogen-bond donors (Lipinski definition) is 1. The van der Waals surface area contributed by atoms with E-state index in [-0.39, 0.29) is 0 Å². The number of rotatable bonds is 5. The highest BCUT2D eigenvalue weighted by Crippen LogP contribution is 2.30. The maximum Gasteiger partial charge on any atom is 0.161 e. The van der Waals surface area contributed by atoms with Gasteiger partial charge in [0.05, 0.1) is 10.7 Å². The van der Waals surface area contributed by atoms with Crippen LogP contribution in [0.1, 0.15) is 16.3 Å². The zero-order chi connectivity index (χ0) is 13.8. The summed E-state index contributed by atoms with van der Waals surface area (Å²) in [5.41, 5.74) is 2.38. The molecule has 0 bridgehead atoms. The lowest BCUT2D eigenvalue weighted by Gasteiger charge is -2.18. The van der Waals surface area contributed by atoms with Crippen molar-refractivity contribution in [3.63, 3.8) is 0 Å². The van der Waals surface area contributed by atoms with E-state index >= 15 is 0 Å². The Kier molecular flexibility index (Phi) is 4.18. The van der Waals surface area contributed by atoms with Crippen molar-refractivity contribution in [2.75, 3.05) is 19.8 Å². The Labute approximate surface area is 122 Å². The second kappa shape index (κ2) is 6.24. The number of hydrogen-bond acceptors (Lipinski definition) is 5. The average molecular weight is 290 g/mol. The maximum atomic E-state index is 5.59. The predicted molar refractivity (Wildman–Crippen MR) is 79.7 cm³/mol. The summed E-state index contributed by atoms with van der Waals surface area (Å²) in [6.07, 6.45) is 0.972. The lowest BCUT2D eigenvalue weighted by molar-refractivity contribution is 0.171. The number of aryl methyl sites for hydroxylation is 1. The fraction of sp³-hybridized carbons (Fsp3) is 0.400. The van der Waals surface area contributed by atoms with Crippen LogP contribution in [0.4, 0.5) is 0 Å². The second-order valence-electron chi connectivity index (χ2n) is 4.76. The third-order valence-corrected chi connectivity index (χ3v) is 3.99. The van der Waals surface area contributed by atoms with Crippen molar-refractivity contribution in [3.8, 4) is 11.5 Å². The summed E-state index contributed by atoms with van der Waals surface area (Å²) in [5.74, 6) is 1.72. The SMILES string of the molecule is Cc1nc(CNCCc2ccc3c(c2)OCCO3)cs1. The summed E-state index contributed by atoms with van der Waals surface area (Å²) in [4.78, 5) is 4.43. The third kappa shape index (κ3) is 3.29. The number of aromatic nitrogens is 1. The van der Waals surface area contributed by atoms with Crippen molar-refractivity contribution in [2.45, 2.75) is 19.9 Å². The molecular weight excluding hydrogens is 272 g/mol. The van der Waals surface area contributed by atoms with Gasteiger partial charge in [0, 0.05) is 11.9 Å². The first-order chi connectivity index (χ1) is 9.81. The van der Waals surface area contributed by atoms with Gasteiger partial charge in [-0.1, -0.05) is 6.07 Å². The molecule has 0 saturated carbocycles. The first-order valence-electron chi connectivity index (χ1n) is 6.81. The molecule has 5 heteroatoms. The summed E-state index contributed by atoms with van der Waals surface area (Å²) in [6, 6.07) is 6.17. The molecule has 2 heterocycles. The van der Waals surface area contributed by atoms with Crippen LogP contribution in [0.25, 0.3) is 0 Å². The Morgan fingerprint density at radius 1 is 1.25 bits per heavy atom. The predicted octanol–water partition coefficient (Wildman–Crippen LogP) is 2.56. The summed E-state index contributed by atoms with van der Waals surface area (Å²) < 4.78 is 11.1. The van der Waals surface area contributed by atoms with E-state index in [1.165, 1.54) is 5.56 Å². The van der Waals surface area contributed by atoms with Gasteiger partial charge >= 0.3 is 0 Å². The molecule has 106 valence electrons. The van der Waals surface area contributed by atoms with E-state index in [4.69, 9.17) is 9.47 Å². The molecule has 0 atom stereocenters. The minimum Gasteiger partial charge on any atom is -0.486 e. The van der Waals surface area contributed by atoms with Crippen LogP contribution in [0, 0.1) is 6.92 Å². The van der Waals surface area contributed by atoms with Crippen molar-refractivity contribution < 1.29 is 9.47 Å². The molecule has 4 nitrogen and oxygen atoms in total. The molecule has 1 N–H and O–H groups in total. The molecule has 1 aliphatic heterocycles. The molecular formula is C15H18N2O2S. The molecule has 1 aromatic heterocycles. The van der Waals surface area contributed by atoms with Gasteiger partial charge in [0.25, 0.3) is 0 Å². The van der Waals surface area contributed by atoms with Crippen LogP contribution in [-0.4, -0.2) is 24.7 Å². The monoisotopic (exact) mass is 290 g/mol. The van der Waals surface area contributed by atoms with E-state index in [1.54, 1.807) is 11.3 Å². The lowest BCUT2D eigenvalue weighted by atomic mass is 10.1. The largest absolute Gasteiger partial charge is 0.486 e. The Morgan fingerprint density at radius 3 is 2.90 bits per heavy atom. The van der Waals surface area contributed by atoms with Gasteiger partial charge in [0.1, 0.15) is 13.2 Å². The maximum absolute atomic E-state index is 5.59. The fourth-order valence-electron chi connectivity index (χ4n) is 2.18. The third-order valence-electron chi connectivity index (χ3n) is 3.17. The minimum absolute atomic E-state index is 0.637. The van der Waals surface area contributed by atoms with Crippen LogP contribution >= 0.6 is 11.3 Å². The molecule has 1 aliphatic rings. The Hall–Kier alpha value is -1.59. The molecule has 0 radical (unpaired) electrons. The summed E-state index contributed by atoms with van der Waals surface area (Å²) in [5, 5.41) is 6.64. The van der Waals surface area contributed by atoms with Crippen molar-refractivity contribution in [1.29, 1.82) is 0 Å². The molecule has 0 saturated heterocycles. The Bertz CT molecular complexity index is 583. The minimum atomic E-state index is 0.637. The molecule has 0 unspecified atom stereocenters. The quantitative estimate of drug-likeness (QED) is 0.860. The number of thiazole rings is 1. The number of fused-ring (bicyclic) bond motifs is 1. The van der Waals surface area contributed by atoms with Crippen LogP contribution in [0.2, 0.25) is 0 Å². The van der Waals surface area contributed by atoms with Crippen LogP contribution in [0.3, 0.4) is 0 Å². The van der Waals surface area contributed by atoms with Crippen LogP contribution in [-0.2, 0) is 13.0 Å². The van der Waals surface area contributed by atoms with Gasteiger partial charge in [-0.2, -0.15) is 0 Å². The highest BCUT2D eigenvalue weighted by atomic mass is 32.1. The van der Waals surface area contributed by atoms with E-state index in [1.807, 2.05) is 13.0 Å². The molecule has 2 aromatic rings. The van der Waals surface area contributed by atoms with Crippen LogP contribution in [0.15, 0.2) is 23.6 Å². The lowest BCUT2D eigenvalue weighted by Crippen LogP contribution is -2.18. The van der Waals surface area contributed by atoms with Gasteiger partial charge in [-0.05, 0) is 37.6 Å². The zero-order valence-electron chi connectivity index (χ0n) is 11.5. The van der Waals surface area contributed by atoms with Gasteiger partial charge in [0.15, 0.2) is 11.5 Å². The normalized spacial score (nSPS) is 13.4. The van der Waals surface area contributed by atoms with Crippen molar-refractivity contribution in [2.24, 2.45) is 0 Å². The fourth-order valence-corrected chi connectivity index (χ4v) is 2.79. The molecule has 0 spiro atoms. The topological polar surface area (TPSA) is 43.4 Å². The van der Waals surface area contributed by atoms with Crippen LogP contribution in [0.5, 0.6) is 11.5 Å². The molecule has 0 aliphatic carbocycles. The molecule has 20 heavy (non-hydrogen) atoms. The average Bonchev–Trinajstić information content (AvgIpc) is 2.89. The Balaban J connectivity index is 1.48. The first kappa shape index (κ1) is 13.4. The standard InChI is InChI=1S/C15H18N2O2S/c1-11-17-13(10-20-11)9-16-5-4-12-2-3-14-15(8-12)19-7-6-18-14/h2-3,8,10,16H,4-7,9H2,1H3. The van der Waals surface area contributed by atoms with Gasteiger partial charge < -0.3 is 14.8 Å². The number of benzene rings is 1. The number of nitrogens with one attached hydrogen (secondary N) is 1. The summed E-state index contributed by atoms with van der Waals surface area (Å²) >= 11 is 1.69. The van der Waals surface area contributed by atoms with Gasteiger partial charge in [-0.25, -0.2) is 4.98 Å². The van der Waals surface area contributed by atoms with E-state index < -0.39 is 0 Å². The molecule has 0 fully saturated rings. The van der Waals surface area contributed by atoms with E-state index in [2.05, 4.69) is 27.8 Å². The molecule has 3 rings (SSSR count). The highest BCUT2D eigenvalue weighted by Gasteiger charge is 2.11. The first-order valence-corrected chi connectivity index (χ1v) is 7.69. The Morgan fingerprint density at radius 2 is 2.10 bits per heavy atom. The van der Waals surface area contributed by atoms with Gasteiger partial charge in [0.2, 0.25) is 0 Å². The molecule has 1 aromatic carbocycles. The summed E-state index contributed by atoms with van der Waals surface area (Å²) in [7, 11) is 0. The molecule has 0 amide bonds. The number of ether oxygens (including phenoxy) is 2. The van der Waals surface area contributed by atoms with E-state index in [0.29, 0.717) is 13.2 Å². The summed E-state index contributed by atoms with van der Waals surface area (Å²) in [6.45, 7) is 5.06. The van der Waals surface area contributed by atoms with E-state index in [9.17, 15) is 0 Å². The van der Waals surface area contributed by atoms with Crippen molar-refractivity contribution in [3.05, 3.63) is 39.8 Å². The van der Waals surface area contributed by atoms with Crippen LogP contribution < -0.4 is 14.8 Å². The zero-order valence-corrected chi connectivity index (χ0v) is 12.3. The second-order valence-corrected chi connectivity index (χ2v) is 5.82. The van der Waals surface area contributed by atoms with E-state index in [0.717, 1.165) is 41.7 Å². The van der Waals surface area contributed by atoms with Crippen molar-refractivity contribution in [1.82, 2.24) is 10.3 Å². The highest BCUT2D eigenvalue weighted by molar-refractivity contribution is 7.09.